The highest BCUT2D eigenvalue weighted by Crippen LogP contribution is 2.46. The molecule has 1 aliphatic heterocycles. The lowest BCUT2D eigenvalue weighted by Gasteiger charge is -2.19. The van der Waals surface area contributed by atoms with Crippen LogP contribution in [0.1, 0.15) is 42.3 Å². The Kier molecular flexibility index (Phi) is 5.55. The molecule has 0 spiro atoms. The number of benzene rings is 3. The summed E-state index contributed by atoms with van der Waals surface area (Å²) in [7, 11) is 0. The second-order valence-electron chi connectivity index (χ2n) is 7.76. The number of rotatable bonds is 7. The molecule has 0 atom stereocenters. The summed E-state index contributed by atoms with van der Waals surface area (Å²) in [5, 5.41) is 12.6. The van der Waals surface area contributed by atoms with E-state index in [1.54, 1.807) is 29.2 Å². The van der Waals surface area contributed by atoms with Gasteiger partial charge in [-0.25, -0.2) is 0 Å². The van der Waals surface area contributed by atoms with Gasteiger partial charge in [0.25, 0.3) is 5.91 Å². The van der Waals surface area contributed by atoms with Gasteiger partial charge in [-0.1, -0.05) is 36.4 Å². The van der Waals surface area contributed by atoms with Gasteiger partial charge in [0.05, 0.1) is 24.8 Å². The van der Waals surface area contributed by atoms with Crippen molar-refractivity contribution in [3.05, 3.63) is 65.2 Å². The summed E-state index contributed by atoms with van der Waals surface area (Å²) in [5.74, 6) is -0.0234. The Bertz CT molecular complexity index is 1150. The standard InChI is InChI=1S/C25H25NO5/c1-4-30-23-18-7-5-6-8-19(18)24(31-15(2)3)22-20(23)14-26(25(22)29)17-11-9-16(10-12-17)13-21(27)28/h5-12,15H,4,13-14H2,1-3H3,(H,27,28)/p-1. The Hall–Kier alpha value is -3.54. The number of nitrogens with zero attached hydrogens (tertiary/aromatic N) is 1. The van der Waals surface area contributed by atoms with Crippen LogP contribution in [0.4, 0.5) is 5.69 Å². The van der Waals surface area contributed by atoms with E-state index in [1.807, 2.05) is 45.0 Å². The lowest BCUT2D eigenvalue weighted by atomic mass is 9.99. The fourth-order valence-corrected chi connectivity index (χ4v) is 4.01. The molecule has 0 aromatic heterocycles. The molecule has 0 radical (unpaired) electrons. The molecule has 1 amide bonds. The number of carboxylic acid groups (broad SMARTS) is 1. The maximum Gasteiger partial charge on any atom is 0.262 e. The molecule has 0 saturated heterocycles. The molecule has 31 heavy (non-hydrogen) atoms. The zero-order valence-electron chi connectivity index (χ0n) is 17.8. The zero-order valence-corrected chi connectivity index (χ0v) is 17.8. The third kappa shape index (κ3) is 3.81. The van der Waals surface area contributed by atoms with Crippen molar-refractivity contribution in [2.75, 3.05) is 11.5 Å². The van der Waals surface area contributed by atoms with Gasteiger partial charge in [0, 0.05) is 34.4 Å². The van der Waals surface area contributed by atoms with Crippen LogP contribution in [0.2, 0.25) is 0 Å². The number of anilines is 1. The summed E-state index contributed by atoms with van der Waals surface area (Å²) in [6.07, 6.45) is -0.267. The van der Waals surface area contributed by atoms with E-state index in [2.05, 4.69) is 0 Å². The number of carboxylic acids is 1. The molecule has 3 aromatic carbocycles. The molecule has 0 fully saturated rings. The summed E-state index contributed by atoms with van der Waals surface area (Å²) >= 11 is 0. The van der Waals surface area contributed by atoms with Crippen molar-refractivity contribution in [2.24, 2.45) is 0 Å². The average molecular weight is 418 g/mol. The van der Waals surface area contributed by atoms with E-state index in [4.69, 9.17) is 9.47 Å². The van der Waals surface area contributed by atoms with Crippen LogP contribution in [-0.2, 0) is 17.8 Å². The number of hydrogen-bond donors (Lipinski definition) is 0. The van der Waals surface area contributed by atoms with Gasteiger partial charge in [0.15, 0.2) is 0 Å². The molecule has 6 heteroatoms. The van der Waals surface area contributed by atoms with Crippen LogP contribution in [0, 0.1) is 0 Å². The van der Waals surface area contributed by atoms with E-state index in [-0.39, 0.29) is 18.4 Å². The Morgan fingerprint density at radius 3 is 2.29 bits per heavy atom. The summed E-state index contributed by atoms with van der Waals surface area (Å²) in [5.41, 5.74) is 2.64. The van der Waals surface area contributed by atoms with Crippen LogP contribution >= 0.6 is 0 Å². The topological polar surface area (TPSA) is 78.9 Å². The maximum absolute atomic E-state index is 13.5. The minimum absolute atomic E-state index is 0.101. The minimum Gasteiger partial charge on any atom is -0.550 e. The van der Waals surface area contributed by atoms with Crippen molar-refractivity contribution in [2.45, 2.75) is 39.8 Å². The number of carbonyl (C=O) groups is 2. The smallest absolute Gasteiger partial charge is 0.262 e. The van der Waals surface area contributed by atoms with E-state index < -0.39 is 5.97 Å². The lowest BCUT2D eigenvalue weighted by Crippen LogP contribution is -2.25. The van der Waals surface area contributed by atoms with Gasteiger partial charge in [-0.15, -0.1) is 0 Å². The average Bonchev–Trinajstić information content (AvgIpc) is 3.07. The van der Waals surface area contributed by atoms with Crippen molar-refractivity contribution < 1.29 is 24.2 Å². The third-order valence-electron chi connectivity index (χ3n) is 5.23. The highest BCUT2D eigenvalue weighted by atomic mass is 16.5. The molecule has 0 saturated carbocycles. The van der Waals surface area contributed by atoms with E-state index in [0.29, 0.717) is 41.5 Å². The van der Waals surface area contributed by atoms with Crippen LogP contribution < -0.4 is 19.5 Å². The molecule has 0 unspecified atom stereocenters. The molecule has 0 N–H and O–H groups in total. The first kappa shape index (κ1) is 20.7. The van der Waals surface area contributed by atoms with Crippen molar-refractivity contribution in [3.8, 4) is 11.5 Å². The molecule has 1 aliphatic rings. The predicted octanol–water partition coefficient (Wildman–Crippen LogP) is 3.48. The number of hydrogen-bond acceptors (Lipinski definition) is 5. The van der Waals surface area contributed by atoms with Crippen molar-refractivity contribution >= 4 is 28.3 Å². The fraction of sp³-hybridized carbons (Fsp3) is 0.280. The van der Waals surface area contributed by atoms with Crippen LogP contribution in [0.5, 0.6) is 11.5 Å². The van der Waals surface area contributed by atoms with Gasteiger partial charge in [-0.3, -0.25) is 4.79 Å². The monoisotopic (exact) mass is 418 g/mol. The lowest BCUT2D eigenvalue weighted by molar-refractivity contribution is -0.304. The molecular formula is C25H24NO5-. The number of amides is 1. The van der Waals surface area contributed by atoms with Crippen LogP contribution in [0.15, 0.2) is 48.5 Å². The molecule has 160 valence electrons. The van der Waals surface area contributed by atoms with E-state index in [1.165, 1.54) is 0 Å². The quantitative estimate of drug-likeness (QED) is 0.587. The Balaban J connectivity index is 1.84. The largest absolute Gasteiger partial charge is 0.550 e. The highest BCUT2D eigenvalue weighted by molar-refractivity contribution is 6.16. The van der Waals surface area contributed by atoms with Gasteiger partial charge < -0.3 is 24.3 Å². The number of fused-ring (bicyclic) bond motifs is 2. The van der Waals surface area contributed by atoms with Crippen molar-refractivity contribution in [1.29, 1.82) is 0 Å². The zero-order chi connectivity index (χ0) is 22.1. The van der Waals surface area contributed by atoms with Gasteiger partial charge in [0.2, 0.25) is 0 Å². The summed E-state index contributed by atoms with van der Waals surface area (Å²) in [4.78, 5) is 26.1. The minimum atomic E-state index is -1.14. The predicted molar refractivity (Wildman–Crippen MR) is 117 cm³/mol. The molecule has 1 heterocycles. The number of aliphatic carboxylic acids is 1. The summed E-state index contributed by atoms with van der Waals surface area (Å²) < 4.78 is 12.2. The summed E-state index contributed by atoms with van der Waals surface area (Å²) in [6.45, 7) is 6.62. The Morgan fingerprint density at radius 2 is 1.71 bits per heavy atom. The molecule has 6 nitrogen and oxygen atoms in total. The molecule has 0 aliphatic carbocycles. The first-order chi connectivity index (χ1) is 14.9. The normalized spacial score (nSPS) is 13.0. The summed E-state index contributed by atoms with van der Waals surface area (Å²) in [6, 6.07) is 14.7. The maximum atomic E-state index is 13.5. The molecular weight excluding hydrogens is 394 g/mol. The number of carbonyl (C=O) groups excluding carboxylic acids is 2. The Morgan fingerprint density at radius 1 is 1.06 bits per heavy atom. The van der Waals surface area contributed by atoms with Gasteiger partial charge in [-0.2, -0.15) is 0 Å². The molecule has 4 rings (SSSR count). The van der Waals surface area contributed by atoms with Crippen LogP contribution in [0.25, 0.3) is 10.8 Å². The first-order valence-corrected chi connectivity index (χ1v) is 10.4. The van der Waals surface area contributed by atoms with Crippen LogP contribution in [-0.4, -0.2) is 24.6 Å². The third-order valence-corrected chi connectivity index (χ3v) is 5.23. The highest BCUT2D eigenvalue weighted by Gasteiger charge is 2.37. The SMILES string of the molecule is CCOc1c2c(c(OC(C)C)c3ccccc13)C(=O)N(c1ccc(CC(=O)[O-])cc1)C2. The van der Waals surface area contributed by atoms with Crippen molar-refractivity contribution in [3.63, 3.8) is 0 Å². The van der Waals surface area contributed by atoms with E-state index in [0.717, 1.165) is 16.3 Å². The van der Waals surface area contributed by atoms with Gasteiger partial charge in [-0.05, 0) is 38.5 Å². The van der Waals surface area contributed by atoms with Crippen molar-refractivity contribution in [1.82, 2.24) is 0 Å². The fourth-order valence-electron chi connectivity index (χ4n) is 4.01. The van der Waals surface area contributed by atoms with E-state index in [9.17, 15) is 14.7 Å². The van der Waals surface area contributed by atoms with E-state index >= 15 is 0 Å². The van der Waals surface area contributed by atoms with Gasteiger partial charge >= 0.3 is 0 Å². The molecule has 0 bridgehead atoms. The second kappa shape index (κ2) is 8.30. The Labute approximate surface area is 181 Å². The molecule has 3 aromatic rings. The van der Waals surface area contributed by atoms with Crippen LogP contribution in [0.3, 0.4) is 0 Å². The first-order valence-electron chi connectivity index (χ1n) is 10.4. The van der Waals surface area contributed by atoms with Gasteiger partial charge in [0.1, 0.15) is 11.5 Å². The number of ether oxygens (including phenoxy) is 2. The second-order valence-corrected chi connectivity index (χ2v) is 7.76.